The first kappa shape index (κ1) is 15.2. The minimum absolute atomic E-state index is 0.136. The van der Waals surface area contributed by atoms with Crippen molar-refractivity contribution < 1.29 is 13.9 Å². The van der Waals surface area contributed by atoms with Gasteiger partial charge >= 0.3 is 5.97 Å². The normalized spacial score (nSPS) is 11.1. The van der Waals surface area contributed by atoms with E-state index in [0.29, 0.717) is 18.2 Å². The minimum Gasteiger partial charge on any atom is -0.457 e. The summed E-state index contributed by atoms with van der Waals surface area (Å²) in [5, 5.41) is 4.50. The average molecular weight is 336 g/mol. The van der Waals surface area contributed by atoms with Gasteiger partial charge in [0.05, 0.1) is 23.0 Å². The number of esters is 1. The van der Waals surface area contributed by atoms with Crippen LogP contribution in [0.15, 0.2) is 47.1 Å². The number of carbonyl (C=O) groups is 1. The fourth-order valence-electron chi connectivity index (χ4n) is 2.77. The Morgan fingerprint density at radius 2 is 2.12 bits per heavy atom. The summed E-state index contributed by atoms with van der Waals surface area (Å²) < 4.78 is 12.2. The minimum atomic E-state index is -0.572. The van der Waals surface area contributed by atoms with Crippen molar-refractivity contribution in [2.75, 3.05) is 0 Å². The van der Waals surface area contributed by atoms with Crippen molar-refractivity contribution >= 4 is 17.0 Å². The molecule has 0 aliphatic rings. The number of aryl methyl sites for hydroxylation is 1. The van der Waals surface area contributed by atoms with Crippen molar-refractivity contribution in [2.45, 2.75) is 20.3 Å². The van der Waals surface area contributed by atoms with Crippen molar-refractivity contribution in [3.8, 4) is 11.8 Å². The van der Waals surface area contributed by atoms with Crippen molar-refractivity contribution in [2.24, 2.45) is 0 Å². The quantitative estimate of drug-likeness (QED) is 0.577. The number of hydrogen-bond donors (Lipinski definition) is 1. The lowest BCUT2D eigenvalue weighted by Gasteiger charge is -2.06. The third kappa shape index (κ3) is 2.59. The van der Waals surface area contributed by atoms with E-state index in [0.717, 1.165) is 22.3 Å². The predicted octanol–water partition coefficient (Wildman–Crippen LogP) is 3.43. The highest BCUT2D eigenvalue weighted by Crippen LogP contribution is 2.27. The average Bonchev–Trinajstić information content (AvgIpc) is 3.33. The van der Waals surface area contributed by atoms with Crippen molar-refractivity contribution in [1.82, 2.24) is 19.7 Å². The molecule has 0 amide bonds. The molecule has 0 saturated heterocycles. The van der Waals surface area contributed by atoms with E-state index in [1.165, 1.54) is 10.9 Å². The molecule has 1 aromatic carbocycles. The Morgan fingerprint density at radius 1 is 1.28 bits per heavy atom. The Labute approximate surface area is 143 Å². The molecule has 7 nitrogen and oxygen atoms in total. The number of H-pyrrole nitrogens is 1. The molecular formula is C18H16N4O3. The van der Waals surface area contributed by atoms with Crippen molar-refractivity contribution in [3.63, 3.8) is 0 Å². The number of imidazole rings is 1. The Morgan fingerprint density at radius 3 is 2.84 bits per heavy atom. The molecule has 3 heterocycles. The zero-order valence-electron chi connectivity index (χ0n) is 13.8. The molecule has 0 saturated carbocycles. The smallest absolute Gasteiger partial charge is 0.380 e. The summed E-state index contributed by atoms with van der Waals surface area (Å²) in [5.41, 5.74) is 3.32. The number of ether oxygens (including phenoxy) is 1. The molecule has 0 fully saturated rings. The first-order valence-electron chi connectivity index (χ1n) is 7.96. The second-order valence-electron chi connectivity index (χ2n) is 5.58. The summed E-state index contributed by atoms with van der Waals surface area (Å²) in [4.78, 5) is 20.1. The van der Waals surface area contributed by atoms with E-state index < -0.39 is 5.97 Å². The third-order valence-corrected chi connectivity index (χ3v) is 3.98. The van der Waals surface area contributed by atoms with Gasteiger partial charge in [0.2, 0.25) is 17.6 Å². The lowest BCUT2D eigenvalue weighted by molar-refractivity contribution is 0.0687. The predicted molar refractivity (Wildman–Crippen MR) is 91.0 cm³/mol. The SMILES string of the molecule is CCc1c(C)nn(-c2nc3ccccc3[nH]2)c1OC(=O)c1ccco1. The van der Waals surface area contributed by atoms with Gasteiger partial charge in [-0.15, -0.1) is 0 Å². The molecule has 126 valence electrons. The van der Waals surface area contributed by atoms with E-state index in [2.05, 4.69) is 15.1 Å². The molecule has 1 N–H and O–H groups in total. The third-order valence-electron chi connectivity index (χ3n) is 3.98. The number of benzene rings is 1. The molecule has 4 aromatic rings. The Bertz CT molecular complexity index is 1010. The number of aromatic nitrogens is 4. The summed E-state index contributed by atoms with van der Waals surface area (Å²) in [5.74, 6) is 0.403. The topological polar surface area (TPSA) is 85.9 Å². The fourth-order valence-corrected chi connectivity index (χ4v) is 2.77. The Hall–Kier alpha value is -3.35. The molecule has 0 aliphatic heterocycles. The number of rotatable bonds is 4. The summed E-state index contributed by atoms with van der Waals surface area (Å²) in [6, 6.07) is 10.9. The first-order chi connectivity index (χ1) is 12.2. The Kier molecular flexibility index (Phi) is 3.61. The van der Waals surface area contributed by atoms with Crippen LogP contribution in [0.2, 0.25) is 0 Å². The molecular weight excluding hydrogens is 320 g/mol. The molecule has 0 radical (unpaired) electrons. The number of aromatic amines is 1. The molecule has 25 heavy (non-hydrogen) atoms. The van der Waals surface area contributed by atoms with Gasteiger partial charge in [-0.3, -0.25) is 0 Å². The summed E-state index contributed by atoms with van der Waals surface area (Å²) in [6.07, 6.45) is 2.10. The van der Waals surface area contributed by atoms with Crippen LogP contribution < -0.4 is 4.74 Å². The molecule has 0 unspecified atom stereocenters. The van der Waals surface area contributed by atoms with E-state index in [-0.39, 0.29) is 5.76 Å². The number of nitrogens with one attached hydrogen (secondary N) is 1. The van der Waals surface area contributed by atoms with Crippen LogP contribution in [0, 0.1) is 6.92 Å². The number of hydrogen-bond acceptors (Lipinski definition) is 5. The zero-order chi connectivity index (χ0) is 17.4. The molecule has 0 spiro atoms. The number of fused-ring (bicyclic) bond motifs is 1. The lowest BCUT2D eigenvalue weighted by atomic mass is 10.2. The Balaban J connectivity index is 1.81. The second kappa shape index (κ2) is 5.94. The van der Waals surface area contributed by atoms with E-state index >= 15 is 0 Å². The van der Waals surface area contributed by atoms with Crippen LogP contribution in [-0.4, -0.2) is 25.7 Å². The van der Waals surface area contributed by atoms with Gasteiger partial charge in [0, 0.05) is 5.56 Å². The van der Waals surface area contributed by atoms with E-state index in [1.54, 1.807) is 12.1 Å². The van der Waals surface area contributed by atoms with Gasteiger partial charge in [-0.2, -0.15) is 9.78 Å². The van der Waals surface area contributed by atoms with Crippen molar-refractivity contribution in [3.05, 3.63) is 59.7 Å². The van der Waals surface area contributed by atoms with Crippen LogP contribution in [-0.2, 0) is 6.42 Å². The van der Waals surface area contributed by atoms with Crippen LogP contribution in [0.1, 0.15) is 28.7 Å². The number of carbonyl (C=O) groups excluding carboxylic acids is 1. The van der Waals surface area contributed by atoms with E-state index in [1.807, 2.05) is 38.1 Å². The maximum atomic E-state index is 12.3. The van der Waals surface area contributed by atoms with Crippen LogP contribution in [0.3, 0.4) is 0 Å². The number of para-hydroxylation sites is 2. The van der Waals surface area contributed by atoms with E-state index in [9.17, 15) is 4.79 Å². The first-order valence-corrected chi connectivity index (χ1v) is 7.96. The van der Waals surface area contributed by atoms with Gasteiger partial charge in [-0.1, -0.05) is 19.1 Å². The summed E-state index contributed by atoms with van der Waals surface area (Å²) in [7, 11) is 0. The van der Waals surface area contributed by atoms with Gasteiger partial charge in [0.25, 0.3) is 0 Å². The van der Waals surface area contributed by atoms with Crippen LogP contribution in [0.25, 0.3) is 17.0 Å². The molecule has 4 rings (SSSR count). The zero-order valence-corrected chi connectivity index (χ0v) is 13.8. The molecule has 0 aliphatic carbocycles. The monoisotopic (exact) mass is 336 g/mol. The highest BCUT2D eigenvalue weighted by atomic mass is 16.6. The second-order valence-corrected chi connectivity index (χ2v) is 5.58. The van der Waals surface area contributed by atoms with Gasteiger partial charge in [0.15, 0.2) is 0 Å². The van der Waals surface area contributed by atoms with Crippen molar-refractivity contribution in [1.29, 1.82) is 0 Å². The lowest BCUT2D eigenvalue weighted by Crippen LogP contribution is -2.12. The summed E-state index contributed by atoms with van der Waals surface area (Å²) in [6.45, 7) is 3.86. The largest absolute Gasteiger partial charge is 0.457 e. The molecule has 7 heteroatoms. The van der Waals surface area contributed by atoms with Crippen LogP contribution >= 0.6 is 0 Å². The van der Waals surface area contributed by atoms with Crippen LogP contribution in [0.5, 0.6) is 5.88 Å². The molecule has 0 atom stereocenters. The number of nitrogens with zero attached hydrogens (tertiary/aromatic N) is 3. The van der Waals surface area contributed by atoms with Gasteiger partial charge in [-0.05, 0) is 37.6 Å². The maximum absolute atomic E-state index is 12.3. The summed E-state index contributed by atoms with van der Waals surface area (Å²) >= 11 is 0. The molecule has 3 aromatic heterocycles. The van der Waals surface area contributed by atoms with Crippen LogP contribution in [0.4, 0.5) is 0 Å². The highest BCUT2D eigenvalue weighted by Gasteiger charge is 2.23. The number of furan rings is 1. The van der Waals surface area contributed by atoms with E-state index in [4.69, 9.17) is 9.15 Å². The standard InChI is InChI=1S/C18H16N4O3/c1-3-12-11(2)21-22(16(12)25-17(23)15-9-6-10-24-15)18-19-13-7-4-5-8-14(13)20-18/h4-10H,3H2,1-2H3,(H,19,20). The van der Waals surface area contributed by atoms with Gasteiger partial charge < -0.3 is 14.1 Å². The fraction of sp³-hybridized carbons (Fsp3) is 0.167. The van der Waals surface area contributed by atoms with Gasteiger partial charge in [0.1, 0.15) is 0 Å². The maximum Gasteiger partial charge on any atom is 0.380 e. The highest BCUT2D eigenvalue weighted by molar-refractivity contribution is 5.88. The molecule has 0 bridgehead atoms. The van der Waals surface area contributed by atoms with Gasteiger partial charge in [-0.25, -0.2) is 9.78 Å².